The molecule has 0 saturated carbocycles. The summed E-state index contributed by atoms with van der Waals surface area (Å²) in [6.45, 7) is 4.22. The summed E-state index contributed by atoms with van der Waals surface area (Å²) < 4.78 is 58.9. The third-order valence-corrected chi connectivity index (χ3v) is 16.1. The van der Waals surface area contributed by atoms with Crippen LogP contribution in [0.1, 0.15) is 73.1 Å². The second-order valence-electron chi connectivity index (χ2n) is 14.4. The van der Waals surface area contributed by atoms with Crippen LogP contribution in [0.25, 0.3) is 0 Å². The van der Waals surface area contributed by atoms with E-state index in [1.54, 1.807) is 0 Å². The van der Waals surface area contributed by atoms with E-state index in [-0.39, 0.29) is 13.5 Å². The zero-order chi connectivity index (χ0) is 42.2. The minimum Gasteiger partial charge on any atom is -0.445 e. The minimum absolute atomic E-state index is 0.0250. The zero-order valence-electron chi connectivity index (χ0n) is 33.8. The molecule has 4 saturated heterocycles. The molecule has 58 heavy (non-hydrogen) atoms. The van der Waals surface area contributed by atoms with E-state index in [0.717, 1.165) is 84.7 Å². The number of ether oxygens (including phenoxy) is 2. The van der Waals surface area contributed by atoms with Gasteiger partial charge in [0.15, 0.2) is 11.5 Å². The zero-order valence-corrected chi connectivity index (χ0v) is 37.1. The van der Waals surface area contributed by atoms with Crippen LogP contribution in [0.3, 0.4) is 0 Å². The molecule has 0 spiro atoms. The summed E-state index contributed by atoms with van der Waals surface area (Å²) in [5.74, 6) is 1.73. The number of carbonyl (C=O) groups is 4. The van der Waals surface area contributed by atoms with Crippen molar-refractivity contribution < 1.29 is 46.2 Å². The number of thioether (sulfide) groups is 2. The van der Waals surface area contributed by atoms with Crippen molar-refractivity contribution in [3.63, 3.8) is 0 Å². The number of hydrogen-bond acceptors (Lipinski definition) is 10. The van der Waals surface area contributed by atoms with Crippen molar-refractivity contribution >= 4 is 68.8 Å². The molecule has 0 radical (unpaired) electrons. The molecule has 0 aliphatic carbocycles. The summed E-state index contributed by atoms with van der Waals surface area (Å²) in [6, 6.07) is 19.3. The molecule has 0 unspecified atom stereocenters. The van der Waals surface area contributed by atoms with Crippen molar-refractivity contribution in [2.75, 3.05) is 97.2 Å². The largest absolute Gasteiger partial charge is 0.445 e. The first-order valence-electron chi connectivity index (χ1n) is 19.9. The Labute approximate surface area is 356 Å². The van der Waals surface area contributed by atoms with Crippen LogP contribution in [-0.4, -0.2) is 142 Å². The molecule has 16 heteroatoms. The Bertz CT molecular complexity index is 1360. The third-order valence-electron chi connectivity index (χ3n) is 9.20. The summed E-state index contributed by atoms with van der Waals surface area (Å²) in [7, 11) is 0.785. The Morgan fingerprint density at radius 1 is 0.552 bits per heavy atom. The fraction of sp³-hybridized carbons (Fsp3) is 0.619. The average Bonchev–Trinajstić information content (AvgIpc) is 3.77. The molecule has 0 amide bonds. The first kappa shape index (κ1) is 50.1. The van der Waals surface area contributed by atoms with Crippen molar-refractivity contribution in [3.05, 3.63) is 71.8 Å². The van der Waals surface area contributed by atoms with Crippen molar-refractivity contribution in [2.24, 2.45) is 0 Å². The number of alkyl halides is 4. The van der Waals surface area contributed by atoms with Gasteiger partial charge >= 0.3 is 23.8 Å². The van der Waals surface area contributed by atoms with Crippen LogP contribution in [0.5, 0.6) is 0 Å². The molecule has 0 aromatic heterocycles. The number of carbonyl (C=O) groups excluding carboxylic acids is 4. The summed E-state index contributed by atoms with van der Waals surface area (Å²) in [6.07, 6.45) is 7.31. The topological polar surface area (TPSA) is 93.2 Å². The molecule has 6 rings (SSSR count). The van der Waals surface area contributed by atoms with E-state index >= 15 is 0 Å². The molecular weight excluding hydrogens is 833 g/mol. The Balaban J connectivity index is 0.000000207. The fourth-order valence-corrected chi connectivity index (χ4v) is 12.3. The van der Waals surface area contributed by atoms with Gasteiger partial charge in [0, 0.05) is 62.7 Å². The third kappa shape index (κ3) is 21.3. The van der Waals surface area contributed by atoms with E-state index in [4.69, 9.17) is 0 Å². The Morgan fingerprint density at radius 3 is 1.22 bits per heavy atom. The van der Waals surface area contributed by atoms with Crippen molar-refractivity contribution in [1.82, 2.24) is 9.80 Å². The number of ketones is 2. The number of esters is 2. The van der Waals surface area contributed by atoms with Crippen LogP contribution in [0, 0.1) is 0 Å². The lowest BCUT2D eigenvalue weighted by Gasteiger charge is -2.20. The standard InChI is InChI=1S/2C12H15OS.2C9H15F2NO2S/c2*13-12(10-14-8-4-5-9-14)11-6-2-1-3-7-11;2*1-9(10,11)8(13)14-7-12-3-2-5-15-6-4-12/h2*1-3,6-7H,4-5,8-10H2;2*2-7H2,1H3/q2*+1;;. The van der Waals surface area contributed by atoms with E-state index < -0.39 is 23.8 Å². The highest BCUT2D eigenvalue weighted by Crippen LogP contribution is 2.18. The van der Waals surface area contributed by atoms with Crippen LogP contribution in [0.2, 0.25) is 0 Å². The van der Waals surface area contributed by atoms with Gasteiger partial charge in [-0.2, -0.15) is 41.1 Å². The molecule has 2 aromatic rings. The van der Waals surface area contributed by atoms with Gasteiger partial charge in [0.2, 0.25) is 11.6 Å². The van der Waals surface area contributed by atoms with Gasteiger partial charge in [0.1, 0.15) is 36.5 Å². The summed E-state index contributed by atoms with van der Waals surface area (Å²) in [4.78, 5) is 49.0. The lowest BCUT2D eigenvalue weighted by Crippen LogP contribution is -2.34. The predicted octanol–water partition coefficient (Wildman–Crippen LogP) is 7.73. The van der Waals surface area contributed by atoms with E-state index in [1.807, 2.05) is 94.0 Å². The molecule has 8 nitrogen and oxygen atoms in total. The SMILES string of the molecule is CC(F)(F)C(=O)OCN1CCCSCC1.CC(F)(F)C(=O)OCN1CCCSCC1.O=C(C[S+]1CCCC1)c1ccccc1.O=C(C[S+]1CCCC1)c1ccccc1. The van der Waals surface area contributed by atoms with Crippen LogP contribution in [0.4, 0.5) is 17.6 Å². The molecular formula is C42H60F4N2O6S4+2. The van der Waals surface area contributed by atoms with Crippen molar-refractivity contribution in [1.29, 1.82) is 0 Å². The van der Waals surface area contributed by atoms with Crippen LogP contribution in [0.15, 0.2) is 60.7 Å². The molecule has 0 N–H and O–H groups in total. The van der Waals surface area contributed by atoms with E-state index in [9.17, 15) is 36.7 Å². The normalized spacial score (nSPS) is 18.4. The highest BCUT2D eigenvalue weighted by atomic mass is 32.2. The molecule has 4 fully saturated rings. The molecule has 0 bridgehead atoms. The lowest BCUT2D eigenvalue weighted by atomic mass is 10.2. The quantitative estimate of drug-likeness (QED) is 0.0914. The van der Waals surface area contributed by atoms with Gasteiger partial charge in [0.25, 0.3) is 0 Å². The van der Waals surface area contributed by atoms with E-state index in [0.29, 0.717) is 47.2 Å². The van der Waals surface area contributed by atoms with E-state index in [2.05, 4.69) is 9.47 Å². The summed E-state index contributed by atoms with van der Waals surface area (Å²) >= 11 is 3.66. The first-order chi connectivity index (χ1) is 27.7. The highest BCUT2D eigenvalue weighted by Gasteiger charge is 2.35. The van der Waals surface area contributed by atoms with Gasteiger partial charge < -0.3 is 9.47 Å². The van der Waals surface area contributed by atoms with E-state index in [1.165, 1.54) is 48.7 Å². The average molecular weight is 893 g/mol. The van der Waals surface area contributed by atoms with Crippen LogP contribution < -0.4 is 0 Å². The second-order valence-corrected chi connectivity index (χ2v) is 21.5. The minimum atomic E-state index is -3.39. The number of halogens is 4. The lowest BCUT2D eigenvalue weighted by molar-refractivity contribution is -0.174. The monoisotopic (exact) mass is 892 g/mol. The van der Waals surface area contributed by atoms with Crippen LogP contribution in [-0.2, 0) is 40.9 Å². The fourth-order valence-electron chi connectivity index (χ4n) is 5.91. The number of rotatable bonds is 12. The van der Waals surface area contributed by atoms with Gasteiger partial charge in [-0.05, 0) is 71.8 Å². The molecule has 4 aliphatic heterocycles. The van der Waals surface area contributed by atoms with Gasteiger partial charge in [-0.1, -0.05) is 60.7 Å². The summed E-state index contributed by atoms with van der Waals surface area (Å²) in [5.41, 5.74) is 1.76. The molecule has 0 atom stereocenters. The first-order valence-corrected chi connectivity index (χ1v) is 25.6. The Kier molecular flexibility index (Phi) is 23.8. The Hall–Kier alpha value is -2.24. The maximum atomic E-state index is 12.5. The summed E-state index contributed by atoms with van der Waals surface area (Å²) in [5, 5.41) is 0. The maximum Gasteiger partial charge on any atom is 0.377 e. The van der Waals surface area contributed by atoms with Gasteiger partial charge in [0.05, 0.1) is 0 Å². The number of nitrogens with zero attached hydrogens (tertiary/aromatic N) is 2. The maximum absolute atomic E-state index is 12.5. The smallest absolute Gasteiger partial charge is 0.377 e. The van der Waals surface area contributed by atoms with Crippen molar-refractivity contribution in [3.8, 4) is 0 Å². The molecule has 2 aromatic carbocycles. The number of hydrogen-bond donors (Lipinski definition) is 0. The predicted molar refractivity (Wildman–Crippen MR) is 234 cm³/mol. The molecule has 324 valence electrons. The number of benzene rings is 2. The second kappa shape index (κ2) is 27.6. The highest BCUT2D eigenvalue weighted by molar-refractivity contribution is 7.99. The Morgan fingerprint density at radius 2 is 0.897 bits per heavy atom. The van der Waals surface area contributed by atoms with Gasteiger partial charge in [-0.15, -0.1) is 0 Å². The van der Waals surface area contributed by atoms with Gasteiger partial charge in [-0.3, -0.25) is 19.4 Å². The van der Waals surface area contributed by atoms with Crippen LogP contribution >= 0.6 is 23.5 Å². The van der Waals surface area contributed by atoms with Gasteiger partial charge in [-0.25, -0.2) is 9.59 Å². The molecule has 4 aliphatic rings. The van der Waals surface area contributed by atoms with Crippen molar-refractivity contribution in [2.45, 2.75) is 64.2 Å². The molecule has 4 heterocycles. The number of Topliss-reactive ketones (excluding diaryl/α,β-unsaturated/α-hetero) is 2.